The van der Waals surface area contributed by atoms with E-state index in [0.29, 0.717) is 0 Å². The minimum atomic E-state index is 1.04. The highest BCUT2D eigenvalue weighted by molar-refractivity contribution is 6.15. The minimum absolute atomic E-state index is 1.04. The molecule has 1 nitrogen and oxygen atoms in total. The average Bonchev–Trinajstić information content (AvgIpc) is 3.14. The average molecular weight is 588 g/mol. The third-order valence-electron chi connectivity index (χ3n) is 9.72. The lowest BCUT2D eigenvalue weighted by atomic mass is 9.88. The van der Waals surface area contributed by atoms with Crippen molar-refractivity contribution in [3.8, 4) is 33.4 Å². The number of aryl methyl sites for hydroxylation is 1. The van der Waals surface area contributed by atoms with Gasteiger partial charge >= 0.3 is 0 Å². The Morgan fingerprint density at radius 3 is 1.76 bits per heavy atom. The standard InChI is InChI=1S/C45H33N/c1-3-12-31(13-4-1)41-27-34-17-7-8-18-35(34)28-43(41)36-21-23-40-39-24-22-38(46-25-11-19-33-16-9-10-20-45(33)46)26-37(39)30-42(44(40)29-36)32-14-5-2-6-15-32/h1-10,12-18,20-24,26-30H,11,19,25H2. The number of rotatable bonds is 4. The van der Waals surface area contributed by atoms with Crippen molar-refractivity contribution >= 4 is 43.7 Å². The van der Waals surface area contributed by atoms with Crippen LogP contribution in [0, 0.1) is 0 Å². The lowest BCUT2D eigenvalue weighted by Gasteiger charge is -2.31. The molecule has 0 atom stereocenters. The van der Waals surface area contributed by atoms with Crippen LogP contribution >= 0.6 is 0 Å². The zero-order chi connectivity index (χ0) is 30.5. The van der Waals surface area contributed by atoms with E-state index in [9.17, 15) is 0 Å². The molecule has 1 heteroatoms. The fourth-order valence-corrected chi connectivity index (χ4v) is 7.48. The molecule has 218 valence electrons. The van der Waals surface area contributed by atoms with Crippen LogP contribution in [0.2, 0.25) is 0 Å². The molecule has 46 heavy (non-hydrogen) atoms. The predicted octanol–water partition coefficient (Wildman–Crippen LogP) is 12.2. The first kappa shape index (κ1) is 26.7. The zero-order valence-corrected chi connectivity index (χ0v) is 25.7. The van der Waals surface area contributed by atoms with Crippen molar-refractivity contribution < 1.29 is 0 Å². The van der Waals surface area contributed by atoms with Crippen LogP contribution in [-0.4, -0.2) is 6.54 Å². The number of hydrogen-bond donors (Lipinski definition) is 0. The summed E-state index contributed by atoms with van der Waals surface area (Å²) in [5.41, 5.74) is 11.5. The molecule has 0 unspecified atom stereocenters. The first-order chi connectivity index (χ1) is 22.8. The quantitative estimate of drug-likeness (QED) is 0.185. The Labute approximate surface area is 270 Å². The Morgan fingerprint density at radius 1 is 0.391 bits per heavy atom. The van der Waals surface area contributed by atoms with Crippen LogP contribution in [0.1, 0.15) is 12.0 Å². The predicted molar refractivity (Wildman–Crippen MR) is 197 cm³/mol. The molecule has 0 aliphatic carbocycles. The maximum Gasteiger partial charge on any atom is 0.0443 e. The Balaban J connectivity index is 1.27. The molecule has 1 aliphatic rings. The fourth-order valence-electron chi connectivity index (χ4n) is 7.48. The Bertz CT molecular complexity index is 2390. The van der Waals surface area contributed by atoms with E-state index in [2.05, 4.69) is 169 Å². The van der Waals surface area contributed by atoms with Gasteiger partial charge in [-0.25, -0.2) is 0 Å². The van der Waals surface area contributed by atoms with Gasteiger partial charge in [0, 0.05) is 17.9 Å². The first-order valence-electron chi connectivity index (χ1n) is 16.3. The molecule has 8 aromatic carbocycles. The van der Waals surface area contributed by atoms with Crippen LogP contribution in [0.25, 0.3) is 65.7 Å². The highest BCUT2D eigenvalue weighted by Crippen LogP contribution is 2.42. The summed E-state index contributed by atoms with van der Waals surface area (Å²) in [4.78, 5) is 2.50. The molecule has 0 radical (unpaired) electrons. The van der Waals surface area contributed by atoms with Gasteiger partial charge < -0.3 is 4.90 Å². The second-order valence-corrected chi connectivity index (χ2v) is 12.5. The number of anilines is 2. The van der Waals surface area contributed by atoms with E-state index in [4.69, 9.17) is 0 Å². The van der Waals surface area contributed by atoms with Crippen LogP contribution < -0.4 is 4.90 Å². The number of fused-ring (bicyclic) bond motifs is 5. The number of para-hydroxylation sites is 1. The molecule has 0 aromatic heterocycles. The van der Waals surface area contributed by atoms with Crippen molar-refractivity contribution in [3.63, 3.8) is 0 Å². The van der Waals surface area contributed by atoms with Gasteiger partial charge in [0.1, 0.15) is 0 Å². The minimum Gasteiger partial charge on any atom is -0.341 e. The van der Waals surface area contributed by atoms with Crippen LogP contribution in [0.5, 0.6) is 0 Å². The first-order valence-corrected chi connectivity index (χ1v) is 16.3. The van der Waals surface area contributed by atoms with E-state index < -0.39 is 0 Å². The van der Waals surface area contributed by atoms with E-state index in [1.807, 2.05) is 0 Å². The zero-order valence-electron chi connectivity index (χ0n) is 25.7. The van der Waals surface area contributed by atoms with Gasteiger partial charge in [0.2, 0.25) is 0 Å². The number of nitrogens with zero attached hydrogens (tertiary/aromatic N) is 1. The molecule has 0 amide bonds. The Morgan fingerprint density at radius 2 is 1.00 bits per heavy atom. The summed E-state index contributed by atoms with van der Waals surface area (Å²) < 4.78 is 0. The second-order valence-electron chi connectivity index (χ2n) is 12.5. The molecule has 0 N–H and O–H groups in total. The van der Waals surface area contributed by atoms with Gasteiger partial charge in [-0.2, -0.15) is 0 Å². The molecule has 1 heterocycles. The molecule has 0 fully saturated rings. The smallest absolute Gasteiger partial charge is 0.0443 e. The van der Waals surface area contributed by atoms with Gasteiger partial charge in [0.15, 0.2) is 0 Å². The molecule has 8 aromatic rings. The molecular weight excluding hydrogens is 555 g/mol. The maximum absolute atomic E-state index is 2.50. The summed E-state index contributed by atoms with van der Waals surface area (Å²) in [6, 6.07) is 60.5. The topological polar surface area (TPSA) is 3.24 Å². The summed E-state index contributed by atoms with van der Waals surface area (Å²) in [5, 5.41) is 7.64. The van der Waals surface area contributed by atoms with Crippen LogP contribution in [0.3, 0.4) is 0 Å². The van der Waals surface area contributed by atoms with E-state index in [1.54, 1.807) is 0 Å². The Hall–Kier alpha value is -5.66. The largest absolute Gasteiger partial charge is 0.341 e. The summed E-state index contributed by atoms with van der Waals surface area (Å²) in [7, 11) is 0. The molecule has 0 saturated carbocycles. The van der Waals surface area contributed by atoms with Crippen molar-refractivity contribution in [3.05, 3.63) is 169 Å². The van der Waals surface area contributed by atoms with E-state index >= 15 is 0 Å². The highest BCUT2D eigenvalue weighted by Gasteiger charge is 2.19. The van der Waals surface area contributed by atoms with Gasteiger partial charge in [0.25, 0.3) is 0 Å². The summed E-state index contributed by atoms with van der Waals surface area (Å²) >= 11 is 0. The molecule has 0 bridgehead atoms. The van der Waals surface area contributed by atoms with E-state index in [-0.39, 0.29) is 0 Å². The summed E-state index contributed by atoms with van der Waals surface area (Å²) in [6.07, 6.45) is 2.32. The lowest BCUT2D eigenvalue weighted by molar-refractivity contribution is 0.767. The van der Waals surface area contributed by atoms with Crippen LogP contribution in [0.15, 0.2) is 164 Å². The number of hydrogen-bond acceptors (Lipinski definition) is 1. The van der Waals surface area contributed by atoms with E-state index in [0.717, 1.165) is 13.0 Å². The summed E-state index contributed by atoms with van der Waals surface area (Å²) in [5.74, 6) is 0. The van der Waals surface area contributed by atoms with Gasteiger partial charge in [-0.1, -0.05) is 121 Å². The van der Waals surface area contributed by atoms with Crippen molar-refractivity contribution in [1.29, 1.82) is 0 Å². The third-order valence-corrected chi connectivity index (χ3v) is 9.72. The van der Waals surface area contributed by atoms with Crippen molar-refractivity contribution in [2.45, 2.75) is 12.8 Å². The normalized spacial score (nSPS) is 12.9. The molecule has 1 aliphatic heterocycles. The monoisotopic (exact) mass is 587 g/mol. The van der Waals surface area contributed by atoms with Gasteiger partial charge in [-0.15, -0.1) is 0 Å². The third kappa shape index (κ3) is 4.55. The second kappa shape index (κ2) is 11.1. The number of benzene rings is 8. The van der Waals surface area contributed by atoms with Crippen molar-refractivity contribution in [2.75, 3.05) is 11.4 Å². The van der Waals surface area contributed by atoms with Crippen molar-refractivity contribution in [1.82, 2.24) is 0 Å². The molecular formula is C45H33N. The maximum atomic E-state index is 2.50. The van der Waals surface area contributed by atoms with Crippen molar-refractivity contribution in [2.24, 2.45) is 0 Å². The Kier molecular flexibility index (Phi) is 6.42. The molecule has 0 saturated heterocycles. The fraction of sp³-hybridized carbons (Fsp3) is 0.0667. The van der Waals surface area contributed by atoms with Gasteiger partial charge in [-0.05, 0) is 127 Å². The van der Waals surface area contributed by atoms with Crippen LogP contribution in [-0.2, 0) is 6.42 Å². The van der Waals surface area contributed by atoms with Gasteiger partial charge in [-0.3, -0.25) is 0 Å². The van der Waals surface area contributed by atoms with E-state index in [1.165, 1.54) is 89.1 Å². The lowest BCUT2D eigenvalue weighted by Crippen LogP contribution is -2.24. The molecule has 0 spiro atoms. The summed E-state index contributed by atoms with van der Waals surface area (Å²) in [6.45, 7) is 1.04. The SMILES string of the molecule is c1ccc(-c2cc3ccccc3cc2-c2ccc3c(c2)c(-c2ccccc2)cc2cc(N4CCCc5ccccc54)ccc23)cc1. The van der Waals surface area contributed by atoms with Crippen LogP contribution in [0.4, 0.5) is 11.4 Å². The van der Waals surface area contributed by atoms with Gasteiger partial charge in [0.05, 0.1) is 0 Å². The molecule has 9 rings (SSSR count). The highest BCUT2D eigenvalue weighted by atomic mass is 15.1.